The van der Waals surface area contributed by atoms with Crippen molar-refractivity contribution in [3.63, 3.8) is 0 Å². The summed E-state index contributed by atoms with van der Waals surface area (Å²) in [6, 6.07) is 12.7. The fourth-order valence-corrected chi connectivity index (χ4v) is 2.49. The second kappa shape index (κ2) is 10.8. The molecule has 0 aromatic heterocycles. The van der Waals surface area contributed by atoms with Crippen molar-refractivity contribution >= 4 is 29.3 Å². The number of amides is 2. The molecule has 0 aliphatic rings. The third-order valence-corrected chi connectivity index (χ3v) is 4.02. The summed E-state index contributed by atoms with van der Waals surface area (Å²) in [5.41, 5.74) is 0.795. The van der Waals surface area contributed by atoms with Gasteiger partial charge in [-0.2, -0.15) is 0 Å². The lowest BCUT2D eigenvalue weighted by Crippen LogP contribution is -2.28. The van der Waals surface area contributed by atoms with Crippen LogP contribution in [0.5, 0.6) is 5.75 Å². The van der Waals surface area contributed by atoms with Crippen molar-refractivity contribution in [3.8, 4) is 5.75 Å². The summed E-state index contributed by atoms with van der Waals surface area (Å²) < 4.78 is 5.65. The summed E-state index contributed by atoms with van der Waals surface area (Å²) in [6.45, 7) is 6.13. The van der Waals surface area contributed by atoms with E-state index in [1.807, 2.05) is 0 Å². The summed E-state index contributed by atoms with van der Waals surface area (Å²) in [4.78, 5) is 34.6. The van der Waals surface area contributed by atoms with Crippen LogP contribution in [0.3, 0.4) is 0 Å². The standard InChI is InChI=1S/C22H25N3O5/c1-15(2)11-12-30-20-9-7-18(8-10-20)24-22(27)21(23-16(3)26)14-17-5-4-6-19(13-17)25(28)29/h4-10,13-15H,11-12H2,1-3H3,(H,23,26)(H,24,27)/b21-14-. The van der Waals surface area contributed by atoms with E-state index in [-0.39, 0.29) is 11.4 Å². The van der Waals surface area contributed by atoms with Crippen molar-refractivity contribution in [1.82, 2.24) is 5.32 Å². The van der Waals surface area contributed by atoms with E-state index in [0.29, 0.717) is 29.5 Å². The first-order chi connectivity index (χ1) is 14.2. The van der Waals surface area contributed by atoms with Gasteiger partial charge in [-0.15, -0.1) is 0 Å². The molecule has 0 spiro atoms. The molecule has 0 fully saturated rings. The molecular formula is C22H25N3O5. The fourth-order valence-electron chi connectivity index (χ4n) is 2.49. The number of carbonyl (C=O) groups is 2. The highest BCUT2D eigenvalue weighted by Crippen LogP contribution is 2.18. The molecule has 0 bridgehead atoms. The minimum Gasteiger partial charge on any atom is -0.494 e. The minimum absolute atomic E-state index is 0.0275. The van der Waals surface area contributed by atoms with Crippen LogP contribution in [-0.2, 0) is 9.59 Å². The monoisotopic (exact) mass is 411 g/mol. The van der Waals surface area contributed by atoms with Gasteiger partial charge in [0.05, 0.1) is 11.5 Å². The van der Waals surface area contributed by atoms with Crippen molar-refractivity contribution < 1.29 is 19.2 Å². The molecule has 0 heterocycles. The van der Waals surface area contributed by atoms with Gasteiger partial charge in [-0.25, -0.2) is 0 Å². The summed E-state index contributed by atoms with van der Waals surface area (Å²) in [5, 5.41) is 16.1. The quantitative estimate of drug-likeness (QED) is 0.366. The van der Waals surface area contributed by atoms with Gasteiger partial charge in [-0.1, -0.05) is 26.0 Å². The van der Waals surface area contributed by atoms with Crippen molar-refractivity contribution in [2.75, 3.05) is 11.9 Å². The molecule has 0 saturated heterocycles. The number of non-ortho nitro benzene ring substituents is 1. The summed E-state index contributed by atoms with van der Waals surface area (Å²) >= 11 is 0. The third-order valence-electron chi connectivity index (χ3n) is 4.02. The number of benzene rings is 2. The van der Waals surface area contributed by atoms with Gasteiger partial charge in [0.1, 0.15) is 11.4 Å². The first kappa shape index (κ1) is 22.6. The Bertz CT molecular complexity index is 936. The third kappa shape index (κ3) is 7.38. The van der Waals surface area contributed by atoms with Crippen LogP contribution in [0.15, 0.2) is 54.2 Å². The molecule has 0 unspecified atom stereocenters. The number of nitro benzene ring substituents is 1. The van der Waals surface area contributed by atoms with Crippen LogP contribution in [0, 0.1) is 16.0 Å². The Morgan fingerprint density at radius 3 is 2.47 bits per heavy atom. The number of rotatable bonds is 9. The van der Waals surface area contributed by atoms with Gasteiger partial charge in [0, 0.05) is 24.7 Å². The molecule has 2 aromatic carbocycles. The number of hydrogen-bond acceptors (Lipinski definition) is 5. The Morgan fingerprint density at radius 2 is 1.87 bits per heavy atom. The maximum atomic E-state index is 12.6. The van der Waals surface area contributed by atoms with Gasteiger partial charge < -0.3 is 15.4 Å². The summed E-state index contributed by atoms with van der Waals surface area (Å²) in [7, 11) is 0. The van der Waals surface area contributed by atoms with Gasteiger partial charge >= 0.3 is 0 Å². The molecule has 0 aliphatic carbocycles. The number of nitrogens with zero attached hydrogens (tertiary/aromatic N) is 1. The average molecular weight is 411 g/mol. The lowest BCUT2D eigenvalue weighted by molar-refractivity contribution is -0.384. The Morgan fingerprint density at radius 1 is 1.17 bits per heavy atom. The Balaban J connectivity index is 2.12. The maximum Gasteiger partial charge on any atom is 0.272 e. The zero-order valence-corrected chi connectivity index (χ0v) is 17.2. The van der Waals surface area contributed by atoms with Crippen molar-refractivity contribution in [2.24, 2.45) is 5.92 Å². The number of anilines is 1. The van der Waals surface area contributed by atoms with E-state index in [1.54, 1.807) is 30.3 Å². The molecule has 8 heteroatoms. The summed E-state index contributed by atoms with van der Waals surface area (Å²) in [6.07, 6.45) is 2.33. The lowest BCUT2D eigenvalue weighted by atomic mass is 10.1. The van der Waals surface area contributed by atoms with E-state index in [0.717, 1.165) is 6.42 Å². The first-order valence-corrected chi connectivity index (χ1v) is 9.52. The largest absolute Gasteiger partial charge is 0.494 e. The molecule has 0 saturated carbocycles. The molecule has 30 heavy (non-hydrogen) atoms. The topological polar surface area (TPSA) is 111 Å². The predicted octanol–water partition coefficient (Wildman–Crippen LogP) is 4.14. The van der Waals surface area contributed by atoms with E-state index in [9.17, 15) is 19.7 Å². The Kier molecular flexibility index (Phi) is 8.10. The van der Waals surface area contributed by atoms with Crippen LogP contribution in [0.4, 0.5) is 11.4 Å². The molecule has 0 aliphatic heterocycles. The molecule has 158 valence electrons. The number of nitro groups is 1. The maximum absolute atomic E-state index is 12.6. The van der Waals surface area contributed by atoms with Crippen molar-refractivity contribution in [2.45, 2.75) is 27.2 Å². The Labute approximate surface area is 175 Å². The zero-order chi connectivity index (χ0) is 22.1. The highest BCUT2D eigenvalue weighted by molar-refractivity contribution is 6.08. The van der Waals surface area contributed by atoms with Crippen LogP contribution in [-0.4, -0.2) is 23.3 Å². The van der Waals surface area contributed by atoms with Gasteiger partial charge in [-0.05, 0) is 48.2 Å². The molecule has 8 nitrogen and oxygen atoms in total. The van der Waals surface area contributed by atoms with Crippen LogP contribution < -0.4 is 15.4 Å². The number of ether oxygens (including phenoxy) is 1. The first-order valence-electron chi connectivity index (χ1n) is 9.52. The smallest absolute Gasteiger partial charge is 0.272 e. The average Bonchev–Trinajstić information content (AvgIpc) is 2.68. The van der Waals surface area contributed by atoms with E-state index >= 15 is 0 Å². The minimum atomic E-state index is -0.551. The molecular weight excluding hydrogens is 386 g/mol. The van der Waals surface area contributed by atoms with Crippen LogP contribution in [0.25, 0.3) is 6.08 Å². The zero-order valence-electron chi connectivity index (χ0n) is 17.2. The van der Waals surface area contributed by atoms with Crippen LogP contribution >= 0.6 is 0 Å². The SMILES string of the molecule is CC(=O)N/C(=C\c1cccc([N+](=O)[O-])c1)C(=O)Nc1ccc(OCCC(C)C)cc1. The number of carbonyl (C=O) groups excluding carboxylic acids is 2. The second-order valence-electron chi connectivity index (χ2n) is 7.10. The van der Waals surface area contributed by atoms with Gasteiger partial charge in [0.2, 0.25) is 5.91 Å². The Hall–Kier alpha value is -3.68. The highest BCUT2D eigenvalue weighted by Gasteiger charge is 2.13. The number of hydrogen-bond donors (Lipinski definition) is 2. The van der Waals surface area contributed by atoms with Gasteiger partial charge in [0.15, 0.2) is 0 Å². The van der Waals surface area contributed by atoms with Crippen molar-refractivity contribution in [1.29, 1.82) is 0 Å². The normalized spacial score (nSPS) is 11.1. The molecule has 0 atom stereocenters. The van der Waals surface area contributed by atoms with Crippen LogP contribution in [0.1, 0.15) is 32.8 Å². The van der Waals surface area contributed by atoms with Crippen LogP contribution in [0.2, 0.25) is 0 Å². The second-order valence-corrected chi connectivity index (χ2v) is 7.10. The fraction of sp³-hybridized carbons (Fsp3) is 0.273. The molecule has 2 rings (SSSR count). The van der Waals surface area contributed by atoms with E-state index in [1.165, 1.54) is 31.2 Å². The van der Waals surface area contributed by atoms with E-state index in [2.05, 4.69) is 24.5 Å². The van der Waals surface area contributed by atoms with Gasteiger partial charge in [-0.3, -0.25) is 19.7 Å². The molecule has 2 N–H and O–H groups in total. The molecule has 2 amide bonds. The van der Waals surface area contributed by atoms with Crippen molar-refractivity contribution in [3.05, 3.63) is 69.9 Å². The lowest BCUT2D eigenvalue weighted by Gasteiger charge is -2.11. The van der Waals surface area contributed by atoms with E-state index in [4.69, 9.17) is 4.74 Å². The molecule has 0 radical (unpaired) electrons. The predicted molar refractivity (Wildman–Crippen MR) is 115 cm³/mol. The van der Waals surface area contributed by atoms with Gasteiger partial charge in [0.25, 0.3) is 11.6 Å². The molecule has 2 aromatic rings. The number of nitrogens with one attached hydrogen (secondary N) is 2. The highest BCUT2D eigenvalue weighted by atomic mass is 16.6. The van der Waals surface area contributed by atoms with E-state index < -0.39 is 16.7 Å². The summed E-state index contributed by atoms with van der Waals surface area (Å²) in [5.74, 6) is 0.261.